The highest BCUT2D eigenvalue weighted by Gasteiger charge is 2.25. The number of hydrogen-bond donors (Lipinski definition) is 0. The van der Waals surface area contributed by atoms with E-state index in [1.54, 1.807) is 17.0 Å². The number of ether oxygens (including phenoxy) is 1. The topological polar surface area (TPSA) is 46.6 Å². The Balaban J connectivity index is 2.32. The molecule has 1 aliphatic heterocycles. The Kier molecular flexibility index (Phi) is 2.83. The molecule has 1 fully saturated rings. The summed E-state index contributed by atoms with van der Waals surface area (Å²) in [6.45, 7) is 2.05. The molecule has 84 valence electrons. The van der Waals surface area contributed by atoms with Gasteiger partial charge in [-0.1, -0.05) is 17.7 Å². The molecule has 5 heteroatoms. The quantitative estimate of drug-likeness (QED) is 0.551. The SMILES string of the molecule is Cc1ccc(Cl)cc1N1CC(=O)OC(=O)C1. The molecule has 0 N–H and O–H groups in total. The first-order valence-corrected chi connectivity index (χ1v) is 5.18. The Hall–Kier alpha value is -1.55. The molecule has 0 spiro atoms. The molecule has 0 saturated carbocycles. The van der Waals surface area contributed by atoms with Crippen LogP contribution in [0.3, 0.4) is 0 Å². The van der Waals surface area contributed by atoms with Gasteiger partial charge in [0.05, 0.1) is 0 Å². The molecule has 0 atom stereocenters. The number of benzene rings is 1. The zero-order chi connectivity index (χ0) is 11.7. The van der Waals surface area contributed by atoms with Gasteiger partial charge in [-0.2, -0.15) is 0 Å². The number of aryl methyl sites for hydroxylation is 1. The minimum absolute atomic E-state index is 0.0763. The molecule has 1 aromatic rings. The van der Waals surface area contributed by atoms with Crippen LogP contribution in [0.5, 0.6) is 0 Å². The summed E-state index contributed by atoms with van der Waals surface area (Å²) in [6, 6.07) is 5.36. The van der Waals surface area contributed by atoms with Gasteiger partial charge in [-0.05, 0) is 24.6 Å². The van der Waals surface area contributed by atoms with Crippen LogP contribution in [0.15, 0.2) is 18.2 Å². The number of nitrogens with zero attached hydrogens (tertiary/aromatic N) is 1. The van der Waals surface area contributed by atoms with Crippen molar-refractivity contribution < 1.29 is 14.3 Å². The van der Waals surface area contributed by atoms with Crippen LogP contribution in [-0.2, 0) is 14.3 Å². The molecule has 0 unspecified atom stereocenters. The summed E-state index contributed by atoms with van der Waals surface area (Å²) in [6.07, 6.45) is 0. The van der Waals surface area contributed by atoms with Gasteiger partial charge in [-0.25, -0.2) is 9.59 Å². The van der Waals surface area contributed by atoms with Crippen LogP contribution in [0.25, 0.3) is 0 Å². The van der Waals surface area contributed by atoms with E-state index in [-0.39, 0.29) is 13.1 Å². The van der Waals surface area contributed by atoms with E-state index in [4.69, 9.17) is 11.6 Å². The van der Waals surface area contributed by atoms with Gasteiger partial charge >= 0.3 is 11.9 Å². The maximum atomic E-state index is 11.1. The summed E-state index contributed by atoms with van der Waals surface area (Å²) in [7, 11) is 0. The molecule has 0 radical (unpaired) electrons. The molecule has 0 aliphatic carbocycles. The molecular weight excluding hydrogens is 230 g/mol. The van der Waals surface area contributed by atoms with Gasteiger partial charge in [-0.3, -0.25) is 0 Å². The number of esters is 2. The summed E-state index contributed by atoms with van der Waals surface area (Å²) in [5.74, 6) is -1.06. The Morgan fingerprint density at radius 2 is 1.88 bits per heavy atom. The van der Waals surface area contributed by atoms with Crippen molar-refractivity contribution in [3.8, 4) is 0 Å². The molecule has 2 rings (SSSR count). The van der Waals surface area contributed by atoms with Crippen molar-refractivity contribution in [1.29, 1.82) is 0 Å². The predicted octanol–water partition coefficient (Wildman–Crippen LogP) is 1.54. The maximum absolute atomic E-state index is 11.1. The zero-order valence-electron chi connectivity index (χ0n) is 8.70. The van der Waals surface area contributed by atoms with E-state index >= 15 is 0 Å². The normalized spacial score (nSPS) is 16.2. The molecular formula is C11H10ClNO3. The van der Waals surface area contributed by atoms with E-state index < -0.39 is 11.9 Å². The fraction of sp³-hybridized carbons (Fsp3) is 0.273. The van der Waals surface area contributed by atoms with Crippen LogP contribution >= 0.6 is 11.6 Å². The number of carbonyl (C=O) groups excluding carboxylic acids is 2. The summed E-state index contributed by atoms with van der Waals surface area (Å²) in [4.78, 5) is 23.9. The minimum Gasteiger partial charge on any atom is -0.390 e. The number of morpholine rings is 1. The van der Waals surface area contributed by atoms with Gasteiger partial charge in [0.15, 0.2) is 0 Å². The van der Waals surface area contributed by atoms with E-state index in [0.717, 1.165) is 11.3 Å². The predicted molar refractivity (Wildman–Crippen MR) is 59.5 cm³/mol. The third-order valence-electron chi connectivity index (χ3n) is 2.38. The number of hydrogen-bond acceptors (Lipinski definition) is 4. The molecule has 0 amide bonds. The summed E-state index contributed by atoms with van der Waals surface area (Å²) in [5, 5.41) is 0.576. The van der Waals surface area contributed by atoms with Crippen molar-refractivity contribution in [2.24, 2.45) is 0 Å². The van der Waals surface area contributed by atoms with Crippen molar-refractivity contribution in [2.45, 2.75) is 6.92 Å². The lowest BCUT2D eigenvalue weighted by Gasteiger charge is -2.27. The van der Waals surface area contributed by atoms with Gasteiger partial charge in [0.2, 0.25) is 0 Å². The second-order valence-corrected chi connectivity index (χ2v) is 4.07. The van der Waals surface area contributed by atoms with Crippen LogP contribution in [0.1, 0.15) is 5.56 Å². The molecule has 1 heterocycles. The first kappa shape index (κ1) is 11.0. The molecule has 0 bridgehead atoms. The number of carbonyl (C=O) groups is 2. The Morgan fingerprint density at radius 1 is 1.25 bits per heavy atom. The lowest BCUT2D eigenvalue weighted by Crippen LogP contribution is -2.43. The molecule has 4 nitrogen and oxygen atoms in total. The first-order valence-electron chi connectivity index (χ1n) is 4.81. The number of cyclic esters (lactones) is 2. The van der Waals surface area contributed by atoms with Gasteiger partial charge in [-0.15, -0.1) is 0 Å². The zero-order valence-corrected chi connectivity index (χ0v) is 9.45. The van der Waals surface area contributed by atoms with Crippen molar-refractivity contribution in [2.75, 3.05) is 18.0 Å². The van der Waals surface area contributed by atoms with E-state index in [9.17, 15) is 9.59 Å². The Morgan fingerprint density at radius 3 is 2.50 bits per heavy atom. The second-order valence-electron chi connectivity index (χ2n) is 3.63. The third kappa shape index (κ3) is 2.17. The molecule has 1 aliphatic rings. The van der Waals surface area contributed by atoms with Gasteiger partial charge in [0.1, 0.15) is 13.1 Å². The number of halogens is 1. The van der Waals surface area contributed by atoms with Gasteiger partial charge in [0, 0.05) is 10.7 Å². The fourth-order valence-electron chi connectivity index (χ4n) is 1.65. The molecule has 0 aromatic heterocycles. The van der Waals surface area contributed by atoms with Gasteiger partial charge in [0.25, 0.3) is 0 Å². The van der Waals surface area contributed by atoms with Gasteiger partial charge < -0.3 is 9.64 Å². The standard InChI is InChI=1S/C11H10ClNO3/c1-7-2-3-8(12)4-9(7)13-5-10(14)16-11(15)6-13/h2-4H,5-6H2,1H3. The molecule has 1 saturated heterocycles. The van der Waals surface area contributed by atoms with Crippen LogP contribution < -0.4 is 4.90 Å². The van der Waals surface area contributed by atoms with Crippen molar-refractivity contribution in [3.63, 3.8) is 0 Å². The molecule has 1 aromatic carbocycles. The highest BCUT2D eigenvalue weighted by molar-refractivity contribution is 6.30. The number of anilines is 1. The Labute approximate surface area is 97.7 Å². The van der Waals surface area contributed by atoms with Crippen LogP contribution in [0, 0.1) is 6.92 Å². The Bertz CT molecular complexity index is 443. The smallest absolute Gasteiger partial charge is 0.333 e. The lowest BCUT2D eigenvalue weighted by molar-refractivity contribution is -0.160. The summed E-state index contributed by atoms with van der Waals surface area (Å²) >= 11 is 5.88. The van der Waals surface area contributed by atoms with Crippen LogP contribution in [0.2, 0.25) is 5.02 Å². The van der Waals surface area contributed by atoms with Crippen LogP contribution in [-0.4, -0.2) is 25.0 Å². The largest absolute Gasteiger partial charge is 0.390 e. The first-order chi connectivity index (χ1) is 7.56. The lowest BCUT2D eigenvalue weighted by atomic mass is 10.1. The minimum atomic E-state index is -0.532. The van der Waals surface area contributed by atoms with E-state index in [2.05, 4.69) is 4.74 Å². The van der Waals surface area contributed by atoms with E-state index in [1.165, 1.54) is 0 Å². The average Bonchev–Trinajstić information content (AvgIpc) is 2.20. The number of rotatable bonds is 1. The summed E-state index contributed by atoms with van der Waals surface area (Å²) in [5.41, 5.74) is 1.75. The van der Waals surface area contributed by atoms with Crippen molar-refractivity contribution in [1.82, 2.24) is 0 Å². The fourth-order valence-corrected chi connectivity index (χ4v) is 1.82. The van der Waals surface area contributed by atoms with E-state index in [0.29, 0.717) is 5.02 Å². The third-order valence-corrected chi connectivity index (χ3v) is 2.61. The summed E-state index contributed by atoms with van der Waals surface area (Å²) < 4.78 is 4.46. The maximum Gasteiger partial charge on any atom is 0.333 e. The van der Waals surface area contributed by atoms with E-state index in [1.807, 2.05) is 13.0 Å². The monoisotopic (exact) mass is 239 g/mol. The average molecular weight is 240 g/mol. The highest BCUT2D eigenvalue weighted by Crippen LogP contribution is 2.25. The van der Waals surface area contributed by atoms with Crippen molar-refractivity contribution in [3.05, 3.63) is 28.8 Å². The highest BCUT2D eigenvalue weighted by atomic mass is 35.5. The molecule has 16 heavy (non-hydrogen) atoms. The van der Waals surface area contributed by atoms with Crippen molar-refractivity contribution >= 4 is 29.2 Å². The second kappa shape index (κ2) is 4.14. The van der Waals surface area contributed by atoms with Crippen LogP contribution in [0.4, 0.5) is 5.69 Å².